The van der Waals surface area contributed by atoms with E-state index in [4.69, 9.17) is 0 Å². The number of non-ortho nitro benzene ring substituents is 1. The average molecular weight is 263 g/mol. The molecule has 1 aliphatic heterocycles. The summed E-state index contributed by atoms with van der Waals surface area (Å²) in [4.78, 5) is 34.9. The van der Waals surface area contributed by atoms with Crippen LogP contribution in [-0.2, 0) is 4.79 Å². The molecule has 2 amide bonds. The first-order chi connectivity index (χ1) is 9.08. The van der Waals surface area contributed by atoms with Crippen molar-refractivity contribution in [3.8, 4) is 0 Å². The quantitative estimate of drug-likeness (QED) is 0.623. The van der Waals surface area contributed by atoms with Crippen molar-refractivity contribution in [2.24, 2.45) is 0 Å². The van der Waals surface area contributed by atoms with E-state index in [0.717, 1.165) is 0 Å². The largest absolute Gasteiger partial charge is 0.354 e. The molecular formula is C12H13N3O4. The third kappa shape index (κ3) is 3.06. The average Bonchev–Trinajstić information content (AvgIpc) is 2.63. The van der Waals surface area contributed by atoms with Crippen molar-refractivity contribution < 1.29 is 14.5 Å². The number of hydrogen-bond acceptors (Lipinski definition) is 4. The van der Waals surface area contributed by atoms with Crippen molar-refractivity contribution in [1.29, 1.82) is 0 Å². The van der Waals surface area contributed by atoms with Crippen LogP contribution in [0.3, 0.4) is 0 Å². The lowest BCUT2D eigenvalue weighted by Gasteiger charge is -2.19. The summed E-state index contributed by atoms with van der Waals surface area (Å²) in [5.41, 5.74) is 0.337. The normalized spacial score (nSPS) is 15.6. The van der Waals surface area contributed by atoms with Crippen LogP contribution >= 0.6 is 0 Å². The molecule has 1 heterocycles. The number of nitro benzene ring substituents is 1. The van der Waals surface area contributed by atoms with Gasteiger partial charge in [0.05, 0.1) is 4.92 Å². The zero-order valence-corrected chi connectivity index (χ0v) is 10.2. The fourth-order valence-electron chi connectivity index (χ4n) is 1.88. The Morgan fingerprint density at radius 1 is 1.26 bits per heavy atom. The van der Waals surface area contributed by atoms with Crippen molar-refractivity contribution >= 4 is 17.5 Å². The van der Waals surface area contributed by atoms with Gasteiger partial charge in [0.15, 0.2) is 0 Å². The second-order valence-corrected chi connectivity index (χ2v) is 4.20. The number of carbonyl (C=O) groups is 2. The van der Waals surface area contributed by atoms with E-state index < -0.39 is 4.92 Å². The van der Waals surface area contributed by atoms with E-state index in [-0.39, 0.29) is 23.9 Å². The van der Waals surface area contributed by atoms with Crippen LogP contribution in [-0.4, -0.2) is 41.3 Å². The van der Waals surface area contributed by atoms with Gasteiger partial charge in [-0.1, -0.05) is 0 Å². The van der Waals surface area contributed by atoms with Crippen LogP contribution in [0.2, 0.25) is 0 Å². The highest BCUT2D eigenvalue weighted by Crippen LogP contribution is 2.14. The SMILES string of the molecule is O=C1CCN(C(=O)c2ccc([N+](=O)[O-])cc2)CCN1. The Hall–Kier alpha value is -2.44. The molecular weight excluding hydrogens is 250 g/mol. The topological polar surface area (TPSA) is 92.5 Å². The molecule has 0 aliphatic carbocycles. The molecule has 7 heteroatoms. The Morgan fingerprint density at radius 3 is 2.58 bits per heavy atom. The lowest BCUT2D eigenvalue weighted by molar-refractivity contribution is -0.384. The van der Waals surface area contributed by atoms with Gasteiger partial charge in [-0.25, -0.2) is 0 Å². The number of benzene rings is 1. The molecule has 0 aromatic heterocycles. The van der Waals surface area contributed by atoms with Gasteiger partial charge in [0.1, 0.15) is 0 Å². The van der Waals surface area contributed by atoms with E-state index in [1.165, 1.54) is 24.3 Å². The number of amides is 2. The second-order valence-electron chi connectivity index (χ2n) is 4.20. The Bertz CT molecular complexity index is 512. The molecule has 0 spiro atoms. The molecule has 0 saturated carbocycles. The summed E-state index contributed by atoms with van der Waals surface area (Å²) in [5.74, 6) is -0.287. The van der Waals surface area contributed by atoms with Crippen molar-refractivity contribution in [1.82, 2.24) is 10.2 Å². The van der Waals surface area contributed by atoms with E-state index >= 15 is 0 Å². The van der Waals surface area contributed by atoms with E-state index in [1.807, 2.05) is 0 Å². The molecule has 7 nitrogen and oxygen atoms in total. The minimum Gasteiger partial charge on any atom is -0.354 e. The van der Waals surface area contributed by atoms with Crippen LogP contribution in [0, 0.1) is 10.1 Å². The van der Waals surface area contributed by atoms with E-state index in [0.29, 0.717) is 25.2 Å². The monoisotopic (exact) mass is 263 g/mol. The van der Waals surface area contributed by atoms with Gasteiger partial charge in [0.2, 0.25) is 5.91 Å². The molecule has 1 N–H and O–H groups in total. The van der Waals surface area contributed by atoms with Gasteiger partial charge in [0.25, 0.3) is 11.6 Å². The summed E-state index contributed by atoms with van der Waals surface area (Å²) in [6.07, 6.45) is 0.277. The maximum Gasteiger partial charge on any atom is 0.269 e. The van der Waals surface area contributed by atoms with Crippen molar-refractivity contribution in [3.63, 3.8) is 0 Å². The summed E-state index contributed by atoms with van der Waals surface area (Å²) in [5, 5.41) is 13.2. The Balaban J connectivity index is 2.10. The molecule has 100 valence electrons. The second kappa shape index (κ2) is 5.47. The smallest absolute Gasteiger partial charge is 0.269 e. The van der Waals surface area contributed by atoms with Crippen molar-refractivity contribution in [2.75, 3.05) is 19.6 Å². The summed E-state index contributed by atoms with van der Waals surface area (Å²) < 4.78 is 0. The Labute approximate surface area is 109 Å². The molecule has 19 heavy (non-hydrogen) atoms. The fraction of sp³-hybridized carbons (Fsp3) is 0.333. The minimum atomic E-state index is -0.511. The van der Waals surface area contributed by atoms with E-state index in [2.05, 4.69) is 5.32 Å². The van der Waals surface area contributed by atoms with Gasteiger partial charge in [-0.2, -0.15) is 0 Å². The molecule has 1 aromatic carbocycles. The number of hydrogen-bond donors (Lipinski definition) is 1. The first-order valence-corrected chi connectivity index (χ1v) is 5.88. The number of rotatable bonds is 2. The first-order valence-electron chi connectivity index (χ1n) is 5.88. The lowest BCUT2D eigenvalue weighted by Crippen LogP contribution is -2.34. The van der Waals surface area contributed by atoms with Gasteiger partial charge in [-0.05, 0) is 12.1 Å². The van der Waals surface area contributed by atoms with E-state index in [9.17, 15) is 19.7 Å². The minimum absolute atomic E-state index is 0.0516. The molecule has 0 radical (unpaired) electrons. The van der Waals surface area contributed by atoms with Gasteiger partial charge in [0, 0.05) is 43.8 Å². The zero-order valence-electron chi connectivity index (χ0n) is 10.2. The zero-order chi connectivity index (χ0) is 13.8. The van der Waals surface area contributed by atoms with Crippen LogP contribution in [0.4, 0.5) is 5.69 Å². The third-order valence-corrected chi connectivity index (χ3v) is 2.92. The molecule has 1 fully saturated rings. The van der Waals surface area contributed by atoms with Gasteiger partial charge < -0.3 is 10.2 Å². The summed E-state index contributed by atoms with van der Waals surface area (Å²) in [6, 6.07) is 5.46. The molecule has 0 bridgehead atoms. The molecule has 0 unspecified atom stereocenters. The summed E-state index contributed by atoms with van der Waals surface area (Å²) in [7, 11) is 0. The fourth-order valence-corrected chi connectivity index (χ4v) is 1.88. The number of carbonyl (C=O) groups excluding carboxylic acids is 2. The number of nitrogens with zero attached hydrogens (tertiary/aromatic N) is 2. The van der Waals surface area contributed by atoms with Crippen LogP contribution in [0.15, 0.2) is 24.3 Å². The van der Waals surface area contributed by atoms with Gasteiger partial charge >= 0.3 is 0 Å². The molecule has 0 atom stereocenters. The summed E-state index contributed by atoms with van der Waals surface area (Å²) >= 11 is 0. The Morgan fingerprint density at radius 2 is 1.95 bits per heavy atom. The molecule has 1 aromatic rings. The van der Waals surface area contributed by atoms with Crippen LogP contribution in [0.1, 0.15) is 16.8 Å². The number of nitro groups is 1. The third-order valence-electron chi connectivity index (χ3n) is 2.92. The standard InChI is InChI=1S/C12H13N3O4/c16-11-5-7-14(8-6-13-11)12(17)9-1-3-10(4-2-9)15(18)19/h1-4H,5-8H2,(H,13,16). The van der Waals surface area contributed by atoms with Crippen LogP contribution in [0.5, 0.6) is 0 Å². The lowest BCUT2D eigenvalue weighted by atomic mass is 10.2. The maximum absolute atomic E-state index is 12.2. The number of nitrogens with one attached hydrogen (secondary N) is 1. The highest BCUT2D eigenvalue weighted by atomic mass is 16.6. The first kappa shape index (κ1) is 13.0. The maximum atomic E-state index is 12.2. The van der Waals surface area contributed by atoms with Gasteiger partial charge in [-0.15, -0.1) is 0 Å². The van der Waals surface area contributed by atoms with Crippen LogP contribution < -0.4 is 5.32 Å². The highest BCUT2D eigenvalue weighted by molar-refractivity contribution is 5.94. The highest BCUT2D eigenvalue weighted by Gasteiger charge is 2.20. The van der Waals surface area contributed by atoms with Gasteiger partial charge in [-0.3, -0.25) is 19.7 Å². The van der Waals surface area contributed by atoms with E-state index in [1.54, 1.807) is 4.90 Å². The molecule has 2 rings (SSSR count). The predicted molar refractivity (Wildman–Crippen MR) is 66.6 cm³/mol. The predicted octanol–water partition coefficient (Wildman–Crippen LogP) is 0.557. The molecule has 1 saturated heterocycles. The molecule has 1 aliphatic rings. The van der Waals surface area contributed by atoms with Crippen molar-refractivity contribution in [2.45, 2.75) is 6.42 Å². The Kier molecular flexibility index (Phi) is 3.74. The van der Waals surface area contributed by atoms with Crippen LogP contribution in [0.25, 0.3) is 0 Å². The summed E-state index contributed by atoms with van der Waals surface area (Å²) in [6.45, 7) is 1.24. The van der Waals surface area contributed by atoms with Crippen molar-refractivity contribution in [3.05, 3.63) is 39.9 Å².